The number of carboxylic acid groups (broad SMARTS) is 1. The average molecular weight is 980 g/mol. The number of aliphatic hydroxyl groups is 10. The van der Waals surface area contributed by atoms with Crippen LogP contribution in [0.2, 0.25) is 0 Å². The largest absolute Gasteiger partial charge is 0.477 e. The number of aliphatic carboxylic acids is 1. The van der Waals surface area contributed by atoms with E-state index in [-0.39, 0.29) is 25.4 Å². The molecular weight excluding hydrogens is 910 g/mol. The fraction of sp³-hybridized carbons (Fsp3) is 0.897. The molecule has 384 valence electrons. The first-order valence-corrected chi connectivity index (χ1v) is 22.2. The van der Waals surface area contributed by atoms with E-state index in [1.807, 2.05) is 0 Å². The smallest absolute Gasteiger partial charge is 0.364 e. The molecule has 0 spiro atoms. The van der Waals surface area contributed by atoms with E-state index < -0.39 is 173 Å². The van der Waals surface area contributed by atoms with Crippen LogP contribution in [-0.4, -0.2) is 241 Å². The van der Waals surface area contributed by atoms with Crippen LogP contribution in [0.1, 0.15) is 59.8 Å². The van der Waals surface area contributed by atoms with Crippen LogP contribution >= 0.6 is 12.6 Å². The van der Waals surface area contributed by atoms with Gasteiger partial charge in [-0.2, -0.15) is 12.6 Å². The summed E-state index contributed by atoms with van der Waals surface area (Å²) in [4.78, 5) is 50.1. The van der Waals surface area contributed by atoms with Crippen molar-refractivity contribution in [3.8, 4) is 0 Å². The zero-order chi connectivity index (χ0) is 49.5. The van der Waals surface area contributed by atoms with Crippen LogP contribution in [0.25, 0.3) is 0 Å². The molecule has 3 saturated heterocycles. The summed E-state index contributed by atoms with van der Waals surface area (Å²) >= 11 is 4.11. The van der Waals surface area contributed by atoms with E-state index >= 15 is 0 Å². The molecule has 3 rings (SSSR count). The van der Waals surface area contributed by atoms with E-state index in [0.717, 1.165) is 13.8 Å². The molecule has 3 aliphatic heterocycles. The second kappa shape index (κ2) is 27.6. The Morgan fingerprint density at radius 3 is 2.03 bits per heavy atom. The molecule has 14 N–H and O–H groups in total. The van der Waals surface area contributed by atoms with Gasteiger partial charge >= 0.3 is 5.97 Å². The maximum absolute atomic E-state index is 13.0. The van der Waals surface area contributed by atoms with Gasteiger partial charge in [-0.05, 0) is 32.4 Å². The molecule has 0 aromatic rings. The standard InChI is InChI=1S/C39H69N3O23S/c1-17(30(53)23(51)14-44)59-20(4)60-34-29(42-19(3)48)36(58-9-5-7-27(52)40-8-6-10-66)62-26(16-46)33(34)63-37-32(55)35(31(54)25(15-45)61-37)65-39(38(56)57)12-22(50)28(41-18(2)47)24(64-39)11-21(49)13-43/h17,20-26,28-37,43-46,49-51,53-55,66H,5-16H2,1-4H3,(H,40,52)(H,41,47)(H,42,48)(H,56,57)/t17?,20?,21-,22?,23?,24?,25?,26?,28+,29?,30+,31-,32?,33+,34?,35?,36+,37-,39-/m0/s1. The van der Waals surface area contributed by atoms with Gasteiger partial charge in [0.1, 0.15) is 61.0 Å². The fourth-order valence-electron chi connectivity index (χ4n) is 7.71. The Kier molecular flexibility index (Phi) is 24.2. The van der Waals surface area contributed by atoms with Gasteiger partial charge in [0, 0.05) is 39.7 Å². The van der Waals surface area contributed by atoms with E-state index in [4.69, 9.17) is 37.9 Å². The molecule has 3 heterocycles. The third-order valence-corrected chi connectivity index (χ3v) is 11.3. The minimum Gasteiger partial charge on any atom is -0.477 e. The predicted octanol–water partition coefficient (Wildman–Crippen LogP) is -6.32. The normalized spacial score (nSPS) is 34.9. The monoisotopic (exact) mass is 979 g/mol. The summed E-state index contributed by atoms with van der Waals surface area (Å²) in [5.41, 5.74) is 0. The first kappa shape index (κ1) is 57.8. The number of nitrogens with one attached hydrogen (secondary N) is 3. The van der Waals surface area contributed by atoms with Gasteiger partial charge in [0.05, 0.1) is 63.5 Å². The highest BCUT2D eigenvalue weighted by Gasteiger charge is 2.59. The molecular formula is C39H69N3O23S. The van der Waals surface area contributed by atoms with Crippen LogP contribution in [0.5, 0.6) is 0 Å². The first-order valence-electron chi connectivity index (χ1n) is 21.6. The van der Waals surface area contributed by atoms with Crippen molar-refractivity contribution in [3.05, 3.63) is 0 Å². The van der Waals surface area contributed by atoms with Crippen molar-refractivity contribution in [3.63, 3.8) is 0 Å². The number of carbonyl (C=O) groups excluding carboxylic acids is 3. The quantitative estimate of drug-likeness (QED) is 0.0207. The van der Waals surface area contributed by atoms with Crippen LogP contribution in [0.4, 0.5) is 0 Å². The summed E-state index contributed by atoms with van der Waals surface area (Å²) in [6, 6.07) is -2.71. The van der Waals surface area contributed by atoms with Gasteiger partial charge in [-0.1, -0.05) is 0 Å². The van der Waals surface area contributed by atoms with Gasteiger partial charge in [-0.15, -0.1) is 0 Å². The Balaban J connectivity index is 2.03. The van der Waals surface area contributed by atoms with Crippen LogP contribution in [-0.2, 0) is 57.1 Å². The fourth-order valence-corrected chi connectivity index (χ4v) is 7.87. The zero-order valence-electron chi connectivity index (χ0n) is 37.1. The molecule has 3 fully saturated rings. The van der Waals surface area contributed by atoms with Crippen molar-refractivity contribution >= 4 is 36.3 Å². The lowest BCUT2D eigenvalue weighted by Gasteiger charge is -2.51. The second-order valence-electron chi connectivity index (χ2n) is 16.3. The number of thiol groups is 1. The van der Waals surface area contributed by atoms with Crippen molar-refractivity contribution < 1.29 is 113 Å². The van der Waals surface area contributed by atoms with E-state index in [1.165, 1.54) is 13.8 Å². The first-order chi connectivity index (χ1) is 31.2. The number of hydrogen-bond donors (Lipinski definition) is 15. The molecule has 0 aromatic carbocycles. The predicted molar refractivity (Wildman–Crippen MR) is 223 cm³/mol. The van der Waals surface area contributed by atoms with Crippen molar-refractivity contribution in [2.75, 3.05) is 45.3 Å². The lowest BCUT2D eigenvalue weighted by Crippen LogP contribution is -2.70. The molecule has 3 amide bonds. The zero-order valence-corrected chi connectivity index (χ0v) is 38.0. The molecule has 3 aliphatic rings. The summed E-state index contributed by atoms with van der Waals surface area (Å²) in [6.07, 6.45) is -27.6. The number of carbonyl (C=O) groups is 4. The summed E-state index contributed by atoms with van der Waals surface area (Å²) in [6.45, 7) is 1.71. The minimum absolute atomic E-state index is 0.0380. The number of rotatable bonds is 27. The molecule has 26 nitrogen and oxygen atoms in total. The number of carboxylic acids is 1. The van der Waals surface area contributed by atoms with E-state index in [9.17, 15) is 75.3 Å². The molecule has 0 radical (unpaired) electrons. The molecule has 66 heavy (non-hydrogen) atoms. The SMILES string of the molecule is CC(=O)NC1C(OC(C)OC(C)[C@@H](O)C(O)CO)[C@H](O[C@@H]2OC(CO)[C@H](O)C(O[C@]3(C(=O)O)CC(O)[C@@H](NC(C)=O)C(C[C@H](O)CO)O3)C2O)C(CO)O[C@H]1OCCCC(=O)NCCCS. The number of amides is 3. The highest BCUT2D eigenvalue weighted by molar-refractivity contribution is 7.80. The molecule has 11 unspecified atom stereocenters. The van der Waals surface area contributed by atoms with Crippen LogP contribution in [0.3, 0.4) is 0 Å². The van der Waals surface area contributed by atoms with Gasteiger partial charge < -0.3 is 110 Å². The lowest BCUT2D eigenvalue weighted by molar-refractivity contribution is -0.384. The maximum Gasteiger partial charge on any atom is 0.364 e. The molecule has 0 aliphatic carbocycles. The van der Waals surface area contributed by atoms with Crippen molar-refractivity contribution in [2.45, 2.75) is 176 Å². The maximum atomic E-state index is 13.0. The van der Waals surface area contributed by atoms with E-state index in [0.29, 0.717) is 18.7 Å². The Hall–Kier alpha value is -2.49. The Labute approximate surface area is 386 Å². The highest BCUT2D eigenvalue weighted by Crippen LogP contribution is 2.39. The van der Waals surface area contributed by atoms with E-state index in [1.54, 1.807) is 0 Å². The van der Waals surface area contributed by atoms with Crippen molar-refractivity contribution in [2.24, 2.45) is 0 Å². The Morgan fingerprint density at radius 2 is 1.45 bits per heavy atom. The van der Waals surface area contributed by atoms with Gasteiger partial charge in [0.25, 0.3) is 5.79 Å². The number of hydrogen-bond acceptors (Lipinski definition) is 23. The van der Waals surface area contributed by atoms with Gasteiger partial charge in [-0.3, -0.25) is 14.4 Å². The summed E-state index contributed by atoms with van der Waals surface area (Å²) in [5, 5.41) is 123. The van der Waals surface area contributed by atoms with E-state index in [2.05, 4.69) is 28.6 Å². The Morgan fingerprint density at radius 1 is 0.818 bits per heavy atom. The van der Waals surface area contributed by atoms with Gasteiger partial charge in [-0.25, -0.2) is 4.79 Å². The van der Waals surface area contributed by atoms with Crippen molar-refractivity contribution in [1.29, 1.82) is 0 Å². The van der Waals surface area contributed by atoms with Crippen LogP contribution in [0.15, 0.2) is 0 Å². The molecule has 0 bridgehead atoms. The topological polar surface area (TPSA) is 401 Å². The van der Waals surface area contributed by atoms with Gasteiger partial charge in [0.15, 0.2) is 18.9 Å². The van der Waals surface area contributed by atoms with Crippen LogP contribution in [0, 0.1) is 0 Å². The summed E-state index contributed by atoms with van der Waals surface area (Å²) < 4.78 is 47.7. The molecule has 0 aromatic heterocycles. The lowest BCUT2D eigenvalue weighted by atomic mass is 9.89. The number of aliphatic hydroxyl groups excluding tert-OH is 10. The summed E-state index contributed by atoms with van der Waals surface area (Å²) in [7, 11) is 0. The third-order valence-electron chi connectivity index (χ3n) is 11.0. The minimum atomic E-state index is -2.94. The highest BCUT2D eigenvalue weighted by atomic mass is 32.1. The summed E-state index contributed by atoms with van der Waals surface area (Å²) in [5.74, 6) is -5.88. The third kappa shape index (κ3) is 16.0. The van der Waals surface area contributed by atoms with Crippen molar-refractivity contribution in [1.82, 2.24) is 16.0 Å². The van der Waals surface area contributed by atoms with Crippen LogP contribution < -0.4 is 16.0 Å². The average Bonchev–Trinajstić information content (AvgIpc) is 3.26. The number of ether oxygens (including phenoxy) is 8. The van der Waals surface area contributed by atoms with Gasteiger partial charge in [0.2, 0.25) is 17.7 Å². The Bertz CT molecular complexity index is 1510. The molecule has 0 saturated carbocycles. The molecule has 19 atom stereocenters. The second-order valence-corrected chi connectivity index (χ2v) is 16.7. The molecule has 27 heteroatoms.